The van der Waals surface area contributed by atoms with E-state index < -0.39 is 0 Å². The molecule has 3 heterocycles. The number of halogens is 1. The van der Waals surface area contributed by atoms with Gasteiger partial charge in [-0.1, -0.05) is 13.8 Å². The maximum atomic E-state index is 12.0. The van der Waals surface area contributed by atoms with E-state index in [4.69, 9.17) is 16.3 Å². The van der Waals surface area contributed by atoms with Crippen molar-refractivity contribution in [1.29, 1.82) is 0 Å². The van der Waals surface area contributed by atoms with Crippen molar-refractivity contribution in [3.05, 3.63) is 16.7 Å². The van der Waals surface area contributed by atoms with Gasteiger partial charge >= 0.3 is 6.09 Å². The summed E-state index contributed by atoms with van der Waals surface area (Å²) >= 11 is 7.43. The van der Waals surface area contributed by atoms with Gasteiger partial charge in [0.25, 0.3) is 0 Å². The highest BCUT2D eigenvalue weighted by Gasteiger charge is 2.38. The van der Waals surface area contributed by atoms with Crippen LogP contribution in [0.3, 0.4) is 0 Å². The number of rotatable bonds is 2. The van der Waals surface area contributed by atoms with Crippen LogP contribution in [0, 0.1) is 5.92 Å². The van der Waals surface area contributed by atoms with E-state index in [0.717, 1.165) is 10.2 Å². The summed E-state index contributed by atoms with van der Waals surface area (Å²) in [5, 5.41) is 2.05. The Kier molecular flexibility index (Phi) is 3.06. The molecule has 19 heavy (non-hydrogen) atoms. The molecule has 3 rings (SSSR count). The molecule has 0 aromatic carbocycles. The van der Waals surface area contributed by atoms with E-state index in [1.54, 1.807) is 4.90 Å². The van der Waals surface area contributed by atoms with E-state index in [-0.39, 0.29) is 23.3 Å². The van der Waals surface area contributed by atoms with Crippen molar-refractivity contribution in [2.45, 2.75) is 19.9 Å². The molecule has 1 atom stereocenters. The number of cyclic esters (lactones) is 1. The normalized spacial score (nSPS) is 19.5. The summed E-state index contributed by atoms with van der Waals surface area (Å²) in [5.74, 6) is 0.821. The predicted molar refractivity (Wildman–Crippen MR) is 74.9 cm³/mol. The van der Waals surface area contributed by atoms with Gasteiger partial charge < -0.3 is 4.74 Å². The van der Waals surface area contributed by atoms with Crippen LogP contribution >= 0.6 is 22.9 Å². The zero-order valence-corrected chi connectivity index (χ0v) is 12.0. The first-order chi connectivity index (χ1) is 9.08. The number of aromatic nitrogens is 2. The quantitative estimate of drug-likeness (QED) is 0.798. The number of thiophene rings is 1. The lowest BCUT2D eigenvalue weighted by atomic mass is 10.0. The smallest absolute Gasteiger partial charge is 0.415 e. The summed E-state index contributed by atoms with van der Waals surface area (Å²) in [4.78, 5) is 21.9. The number of hydrogen-bond donors (Lipinski definition) is 0. The lowest BCUT2D eigenvalue weighted by molar-refractivity contribution is 0.177. The fourth-order valence-electron chi connectivity index (χ4n) is 2.15. The number of hydrogen-bond acceptors (Lipinski definition) is 5. The average Bonchev–Trinajstić information content (AvgIpc) is 2.94. The summed E-state index contributed by atoms with van der Waals surface area (Å²) in [6.07, 6.45) is -0.372. The van der Waals surface area contributed by atoms with Crippen LogP contribution in [0.15, 0.2) is 11.4 Å². The molecule has 0 saturated carbocycles. The number of ether oxygens (including phenoxy) is 1. The van der Waals surface area contributed by atoms with Crippen molar-refractivity contribution in [3.8, 4) is 0 Å². The first-order valence-electron chi connectivity index (χ1n) is 5.94. The number of amides is 1. The molecule has 2 aromatic rings. The summed E-state index contributed by atoms with van der Waals surface area (Å²) in [6.45, 7) is 4.48. The molecule has 5 nitrogen and oxygen atoms in total. The number of nitrogens with zero attached hydrogens (tertiary/aromatic N) is 3. The maximum absolute atomic E-state index is 12.0. The summed E-state index contributed by atoms with van der Waals surface area (Å²) in [5.41, 5.74) is 0.752. The minimum Gasteiger partial charge on any atom is -0.447 e. The minimum absolute atomic E-state index is 0.0243. The van der Waals surface area contributed by atoms with E-state index in [2.05, 4.69) is 9.97 Å². The molecule has 1 saturated heterocycles. The van der Waals surface area contributed by atoms with Gasteiger partial charge in [0.1, 0.15) is 6.61 Å². The van der Waals surface area contributed by atoms with Crippen LogP contribution in [0.2, 0.25) is 5.28 Å². The Morgan fingerprint density at radius 1 is 1.53 bits per heavy atom. The Bertz CT molecular complexity index is 643. The standard InChI is InChI=1S/C12H12ClN3O2S/c1-6(2)8-5-18-12(17)16(8)10-9-7(3-4-19-9)14-11(13)15-10/h3-4,6,8H,5H2,1-2H3. The predicted octanol–water partition coefficient (Wildman–Crippen LogP) is 3.33. The monoisotopic (exact) mass is 297 g/mol. The second kappa shape index (κ2) is 4.61. The fraction of sp³-hybridized carbons (Fsp3) is 0.417. The fourth-order valence-corrected chi connectivity index (χ4v) is 3.14. The van der Waals surface area contributed by atoms with E-state index in [0.29, 0.717) is 12.4 Å². The van der Waals surface area contributed by atoms with Gasteiger partial charge in [0, 0.05) is 0 Å². The van der Waals surface area contributed by atoms with Crippen LogP contribution in [0.25, 0.3) is 10.2 Å². The third-order valence-electron chi connectivity index (χ3n) is 3.16. The van der Waals surface area contributed by atoms with E-state index in [1.165, 1.54) is 11.3 Å². The van der Waals surface area contributed by atoms with Gasteiger partial charge in [-0.25, -0.2) is 9.78 Å². The first kappa shape index (κ1) is 12.6. The van der Waals surface area contributed by atoms with Gasteiger partial charge in [0.15, 0.2) is 5.82 Å². The van der Waals surface area contributed by atoms with E-state index in [1.807, 2.05) is 25.3 Å². The molecule has 0 spiro atoms. The van der Waals surface area contributed by atoms with Crippen molar-refractivity contribution in [2.24, 2.45) is 5.92 Å². The lowest BCUT2D eigenvalue weighted by Crippen LogP contribution is -2.37. The van der Waals surface area contributed by atoms with Crippen molar-refractivity contribution in [1.82, 2.24) is 9.97 Å². The molecule has 2 aromatic heterocycles. The highest BCUT2D eigenvalue weighted by molar-refractivity contribution is 7.17. The molecule has 0 N–H and O–H groups in total. The third-order valence-corrected chi connectivity index (χ3v) is 4.23. The molecular weight excluding hydrogens is 286 g/mol. The second-order valence-electron chi connectivity index (χ2n) is 4.71. The maximum Gasteiger partial charge on any atom is 0.415 e. The highest BCUT2D eigenvalue weighted by Crippen LogP contribution is 2.34. The van der Waals surface area contributed by atoms with Crippen molar-refractivity contribution in [3.63, 3.8) is 0 Å². The molecule has 1 unspecified atom stereocenters. The minimum atomic E-state index is -0.372. The van der Waals surface area contributed by atoms with Crippen LogP contribution in [0.4, 0.5) is 10.6 Å². The Labute approximate surface area is 119 Å². The van der Waals surface area contributed by atoms with Crippen LogP contribution in [0.5, 0.6) is 0 Å². The summed E-state index contributed by atoms with van der Waals surface area (Å²) in [7, 11) is 0. The van der Waals surface area contributed by atoms with Crippen molar-refractivity contribution >= 4 is 45.1 Å². The number of anilines is 1. The highest BCUT2D eigenvalue weighted by atomic mass is 35.5. The molecule has 100 valence electrons. The molecule has 1 fully saturated rings. The zero-order chi connectivity index (χ0) is 13.6. The third kappa shape index (κ3) is 2.04. The lowest BCUT2D eigenvalue weighted by Gasteiger charge is -2.23. The van der Waals surface area contributed by atoms with Gasteiger partial charge in [-0.2, -0.15) is 4.98 Å². The van der Waals surface area contributed by atoms with Crippen LogP contribution in [-0.4, -0.2) is 28.7 Å². The van der Waals surface area contributed by atoms with Gasteiger partial charge in [-0.3, -0.25) is 4.90 Å². The number of fused-ring (bicyclic) bond motifs is 1. The molecule has 1 amide bonds. The summed E-state index contributed by atoms with van der Waals surface area (Å²) < 4.78 is 6.00. The van der Waals surface area contributed by atoms with Crippen LogP contribution in [-0.2, 0) is 4.74 Å². The largest absolute Gasteiger partial charge is 0.447 e. The number of carbonyl (C=O) groups is 1. The second-order valence-corrected chi connectivity index (χ2v) is 5.96. The molecule has 7 heteroatoms. The summed E-state index contributed by atoms with van der Waals surface area (Å²) in [6, 6.07) is 1.84. The average molecular weight is 298 g/mol. The van der Waals surface area contributed by atoms with Crippen LogP contribution in [0.1, 0.15) is 13.8 Å². The molecule has 1 aliphatic rings. The SMILES string of the molecule is CC(C)C1COC(=O)N1c1nc(Cl)nc2ccsc12. The van der Waals surface area contributed by atoms with Gasteiger partial charge in [0.2, 0.25) is 5.28 Å². The van der Waals surface area contributed by atoms with E-state index >= 15 is 0 Å². The first-order valence-corrected chi connectivity index (χ1v) is 7.20. The van der Waals surface area contributed by atoms with Gasteiger partial charge in [-0.15, -0.1) is 11.3 Å². The molecule has 0 aliphatic carbocycles. The molecule has 0 radical (unpaired) electrons. The Balaban J connectivity index is 2.17. The Hall–Kier alpha value is -1.40. The Morgan fingerprint density at radius 3 is 3.05 bits per heavy atom. The van der Waals surface area contributed by atoms with E-state index in [9.17, 15) is 4.79 Å². The number of carbonyl (C=O) groups excluding carboxylic acids is 1. The van der Waals surface area contributed by atoms with Crippen LogP contribution < -0.4 is 4.90 Å². The molecular formula is C12H12ClN3O2S. The molecule has 1 aliphatic heterocycles. The van der Waals surface area contributed by atoms with Crippen molar-refractivity contribution in [2.75, 3.05) is 11.5 Å². The molecule has 0 bridgehead atoms. The van der Waals surface area contributed by atoms with Crippen molar-refractivity contribution < 1.29 is 9.53 Å². The zero-order valence-electron chi connectivity index (χ0n) is 10.5. The Morgan fingerprint density at radius 2 is 2.32 bits per heavy atom. The van der Waals surface area contributed by atoms with Gasteiger partial charge in [-0.05, 0) is 29.0 Å². The van der Waals surface area contributed by atoms with Gasteiger partial charge in [0.05, 0.1) is 16.3 Å². The topological polar surface area (TPSA) is 55.3 Å².